The van der Waals surface area contributed by atoms with Gasteiger partial charge in [0.15, 0.2) is 0 Å². The Balaban J connectivity index is 1.57. The minimum absolute atomic E-state index is 0.0549. The SMILES string of the molecule is COc1ccc(C(CNC(=O)CNC(=O)c2cccc(Br)c2)N2CCCCC2)cc1. The lowest BCUT2D eigenvalue weighted by atomic mass is 10.0. The number of nitrogens with one attached hydrogen (secondary N) is 2. The van der Waals surface area contributed by atoms with E-state index < -0.39 is 0 Å². The van der Waals surface area contributed by atoms with E-state index >= 15 is 0 Å². The zero-order chi connectivity index (χ0) is 21.3. The molecule has 1 fully saturated rings. The molecule has 0 aromatic heterocycles. The number of ether oxygens (including phenoxy) is 1. The molecule has 0 aliphatic carbocycles. The Morgan fingerprint density at radius 3 is 2.47 bits per heavy atom. The predicted octanol–water partition coefficient (Wildman–Crippen LogP) is 3.53. The van der Waals surface area contributed by atoms with E-state index in [9.17, 15) is 9.59 Å². The molecule has 3 rings (SSSR count). The lowest BCUT2D eigenvalue weighted by Crippen LogP contribution is -2.43. The Hall–Kier alpha value is -2.38. The second-order valence-electron chi connectivity index (χ2n) is 7.38. The van der Waals surface area contributed by atoms with Gasteiger partial charge in [-0.2, -0.15) is 0 Å². The lowest BCUT2D eigenvalue weighted by Gasteiger charge is -2.35. The summed E-state index contributed by atoms with van der Waals surface area (Å²) in [5, 5.41) is 5.67. The number of likely N-dealkylation sites (tertiary alicyclic amines) is 1. The number of rotatable bonds is 8. The Labute approximate surface area is 186 Å². The van der Waals surface area contributed by atoms with Crippen molar-refractivity contribution >= 4 is 27.7 Å². The maximum absolute atomic E-state index is 12.4. The average molecular weight is 474 g/mol. The fourth-order valence-electron chi connectivity index (χ4n) is 3.68. The smallest absolute Gasteiger partial charge is 0.251 e. The van der Waals surface area contributed by atoms with Crippen LogP contribution in [0.1, 0.15) is 41.2 Å². The molecule has 0 bridgehead atoms. The van der Waals surface area contributed by atoms with Crippen LogP contribution in [0.15, 0.2) is 53.0 Å². The molecule has 2 aromatic carbocycles. The molecule has 6 nitrogen and oxygen atoms in total. The molecule has 1 aliphatic rings. The first-order valence-electron chi connectivity index (χ1n) is 10.3. The molecule has 2 N–H and O–H groups in total. The van der Waals surface area contributed by atoms with E-state index in [1.165, 1.54) is 19.3 Å². The number of methoxy groups -OCH3 is 1. The van der Waals surface area contributed by atoms with Gasteiger partial charge in [-0.15, -0.1) is 0 Å². The van der Waals surface area contributed by atoms with Crippen molar-refractivity contribution in [2.75, 3.05) is 33.3 Å². The van der Waals surface area contributed by atoms with E-state index in [0.29, 0.717) is 12.1 Å². The molecular weight excluding hydrogens is 446 g/mol. The second-order valence-corrected chi connectivity index (χ2v) is 8.30. The number of hydrogen-bond acceptors (Lipinski definition) is 4. The third-order valence-corrected chi connectivity index (χ3v) is 5.81. The molecule has 2 aromatic rings. The lowest BCUT2D eigenvalue weighted by molar-refractivity contribution is -0.120. The van der Waals surface area contributed by atoms with Gasteiger partial charge in [-0.05, 0) is 61.8 Å². The van der Waals surface area contributed by atoms with E-state index in [4.69, 9.17) is 4.74 Å². The van der Waals surface area contributed by atoms with E-state index in [-0.39, 0.29) is 24.4 Å². The van der Waals surface area contributed by atoms with Crippen LogP contribution in [0.2, 0.25) is 0 Å². The molecule has 0 spiro atoms. The molecule has 7 heteroatoms. The highest BCUT2D eigenvalue weighted by Gasteiger charge is 2.23. The molecule has 0 radical (unpaired) electrons. The van der Waals surface area contributed by atoms with Crippen molar-refractivity contribution < 1.29 is 14.3 Å². The zero-order valence-electron chi connectivity index (χ0n) is 17.2. The number of amides is 2. The quantitative estimate of drug-likeness (QED) is 0.614. The van der Waals surface area contributed by atoms with Gasteiger partial charge in [0, 0.05) is 16.6 Å². The number of benzene rings is 2. The molecule has 1 saturated heterocycles. The summed E-state index contributed by atoms with van der Waals surface area (Å²) in [6, 6.07) is 15.2. The van der Waals surface area contributed by atoms with Crippen LogP contribution in [0.25, 0.3) is 0 Å². The highest BCUT2D eigenvalue weighted by Crippen LogP contribution is 2.25. The summed E-state index contributed by atoms with van der Waals surface area (Å²) in [6.45, 7) is 2.48. The Bertz CT molecular complexity index is 851. The van der Waals surface area contributed by atoms with E-state index in [2.05, 4.69) is 43.6 Å². The normalized spacial score (nSPS) is 15.3. The summed E-state index contributed by atoms with van der Waals surface area (Å²) in [7, 11) is 1.65. The van der Waals surface area contributed by atoms with Crippen LogP contribution in [0.5, 0.6) is 5.75 Å². The molecule has 1 atom stereocenters. The van der Waals surface area contributed by atoms with Gasteiger partial charge in [0.1, 0.15) is 5.75 Å². The van der Waals surface area contributed by atoms with Crippen LogP contribution < -0.4 is 15.4 Å². The van der Waals surface area contributed by atoms with Crippen molar-refractivity contribution in [1.29, 1.82) is 0 Å². The molecule has 0 saturated carbocycles. The summed E-state index contributed by atoms with van der Waals surface area (Å²) in [4.78, 5) is 27.1. The van der Waals surface area contributed by atoms with Gasteiger partial charge in [0.25, 0.3) is 5.91 Å². The van der Waals surface area contributed by atoms with Gasteiger partial charge < -0.3 is 15.4 Å². The first-order valence-corrected chi connectivity index (χ1v) is 11.0. The summed E-state index contributed by atoms with van der Waals surface area (Å²) >= 11 is 3.35. The molecule has 30 heavy (non-hydrogen) atoms. The van der Waals surface area contributed by atoms with Crippen LogP contribution in [-0.2, 0) is 4.79 Å². The largest absolute Gasteiger partial charge is 0.497 e. The summed E-state index contributed by atoms with van der Waals surface area (Å²) in [5.74, 6) is 0.346. The summed E-state index contributed by atoms with van der Waals surface area (Å²) < 4.78 is 6.09. The highest BCUT2D eigenvalue weighted by molar-refractivity contribution is 9.10. The van der Waals surface area contributed by atoms with Crippen LogP contribution in [0.3, 0.4) is 0 Å². The van der Waals surface area contributed by atoms with Gasteiger partial charge in [-0.1, -0.05) is 40.5 Å². The van der Waals surface area contributed by atoms with E-state index in [0.717, 1.165) is 28.9 Å². The van der Waals surface area contributed by atoms with Gasteiger partial charge in [-0.3, -0.25) is 14.5 Å². The number of piperidine rings is 1. The Morgan fingerprint density at radius 2 is 1.80 bits per heavy atom. The fraction of sp³-hybridized carbons (Fsp3) is 0.391. The number of halogens is 1. The molecule has 1 aliphatic heterocycles. The Morgan fingerprint density at radius 1 is 1.07 bits per heavy atom. The van der Waals surface area contributed by atoms with Crippen LogP contribution in [0.4, 0.5) is 0 Å². The fourth-order valence-corrected chi connectivity index (χ4v) is 4.08. The van der Waals surface area contributed by atoms with Crippen molar-refractivity contribution in [3.05, 3.63) is 64.1 Å². The predicted molar refractivity (Wildman–Crippen MR) is 121 cm³/mol. The van der Waals surface area contributed by atoms with Crippen LogP contribution >= 0.6 is 15.9 Å². The van der Waals surface area contributed by atoms with Gasteiger partial charge in [-0.25, -0.2) is 0 Å². The number of nitrogens with zero attached hydrogens (tertiary/aromatic N) is 1. The van der Waals surface area contributed by atoms with E-state index in [1.807, 2.05) is 18.2 Å². The van der Waals surface area contributed by atoms with Crippen molar-refractivity contribution in [2.24, 2.45) is 0 Å². The third-order valence-electron chi connectivity index (χ3n) is 5.32. The number of carbonyl (C=O) groups excluding carboxylic acids is 2. The topological polar surface area (TPSA) is 70.7 Å². The van der Waals surface area contributed by atoms with Gasteiger partial charge >= 0.3 is 0 Å². The molecule has 2 amide bonds. The summed E-state index contributed by atoms with van der Waals surface area (Å²) in [6.07, 6.45) is 3.59. The Kier molecular flexibility index (Phi) is 8.28. The van der Waals surface area contributed by atoms with Crippen molar-refractivity contribution in [2.45, 2.75) is 25.3 Å². The highest BCUT2D eigenvalue weighted by atomic mass is 79.9. The maximum Gasteiger partial charge on any atom is 0.251 e. The monoisotopic (exact) mass is 473 g/mol. The van der Waals surface area contributed by atoms with Crippen LogP contribution in [-0.4, -0.2) is 50.0 Å². The minimum atomic E-state index is -0.269. The van der Waals surface area contributed by atoms with Gasteiger partial charge in [0.05, 0.1) is 19.7 Å². The first-order chi connectivity index (χ1) is 14.6. The minimum Gasteiger partial charge on any atom is -0.497 e. The zero-order valence-corrected chi connectivity index (χ0v) is 18.8. The first kappa shape index (κ1) is 22.3. The second kappa shape index (κ2) is 11.1. The molecule has 1 unspecified atom stereocenters. The number of carbonyl (C=O) groups is 2. The molecular formula is C23H28BrN3O3. The van der Waals surface area contributed by atoms with Crippen LogP contribution in [0, 0.1) is 0 Å². The maximum atomic E-state index is 12.4. The molecule has 1 heterocycles. The standard InChI is InChI=1S/C23H28BrN3O3/c1-30-20-10-8-17(9-11-20)21(27-12-3-2-4-13-27)15-25-22(28)16-26-23(29)18-6-5-7-19(24)14-18/h5-11,14,21H,2-4,12-13,15-16H2,1H3,(H,25,28)(H,26,29). The van der Waals surface area contributed by atoms with Crippen molar-refractivity contribution in [3.8, 4) is 5.75 Å². The average Bonchev–Trinajstić information content (AvgIpc) is 2.78. The summed E-state index contributed by atoms with van der Waals surface area (Å²) in [5.41, 5.74) is 1.66. The molecule has 160 valence electrons. The third kappa shape index (κ3) is 6.31. The van der Waals surface area contributed by atoms with E-state index in [1.54, 1.807) is 25.3 Å². The van der Waals surface area contributed by atoms with Crippen molar-refractivity contribution in [1.82, 2.24) is 15.5 Å². The van der Waals surface area contributed by atoms with Gasteiger partial charge in [0.2, 0.25) is 5.91 Å². The number of hydrogen-bond donors (Lipinski definition) is 2. The van der Waals surface area contributed by atoms with Crippen molar-refractivity contribution in [3.63, 3.8) is 0 Å².